The maximum absolute atomic E-state index is 11.8. The Hall–Kier alpha value is -1.10. The maximum atomic E-state index is 11.8. The van der Waals surface area contributed by atoms with E-state index in [0.717, 1.165) is 56.7 Å². The second kappa shape index (κ2) is 7.25. The highest BCUT2D eigenvalue weighted by atomic mass is 35.5. The largest absolute Gasteiger partial charge is 0.459 e. The van der Waals surface area contributed by atoms with E-state index in [-0.39, 0.29) is 24.5 Å². The van der Waals surface area contributed by atoms with Crippen LogP contribution in [0.5, 0.6) is 0 Å². The number of ether oxygens (including phenoxy) is 1. The number of piperazine rings is 1. The third-order valence-electron chi connectivity index (χ3n) is 4.13. The van der Waals surface area contributed by atoms with Gasteiger partial charge in [0.15, 0.2) is 0 Å². The average Bonchev–Trinajstić information content (AvgIpc) is 2.45. The Balaban J connectivity index is 0.00000161. The summed E-state index contributed by atoms with van der Waals surface area (Å²) in [6, 6.07) is 6.18. The standard InChI is InChI=1S/C16H22N2O2.ClH/c1-12-10-14-11-13(2-3-15(14)16(19)20-12)4-7-18-8-5-17-6-9-18;/h2-3,11-12,17H,4-10H2,1H3;1H. The summed E-state index contributed by atoms with van der Waals surface area (Å²) in [7, 11) is 0. The summed E-state index contributed by atoms with van der Waals surface area (Å²) in [6.07, 6.45) is 1.89. The molecule has 21 heavy (non-hydrogen) atoms. The molecule has 5 heteroatoms. The van der Waals surface area contributed by atoms with Gasteiger partial charge < -0.3 is 15.0 Å². The Labute approximate surface area is 132 Å². The van der Waals surface area contributed by atoms with Crippen LogP contribution in [0.2, 0.25) is 0 Å². The molecule has 1 fully saturated rings. The van der Waals surface area contributed by atoms with Gasteiger partial charge in [-0.3, -0.25) is 0 Å². The SMILES string of the molecule is CC1Cc2cc(CCN3CCNCC3)ccc2C(=O)O1.Cl. The van der Waals surface area contributed by atoms with E-state index in [2.05, 4.69) is 22.3 Å². The van der Waals surface area contributed by atoms with Crippen molar-refractivity contribution in [3.63, 3.8) is 0 Å². The molecule has 0 spiro atoms. The number of hydrogen-bond acceptors (Lipinski definition) is 4. The Morgan fingerprint density at radius 2 is 2.10 bits per heavy atom. The van der Waals surface area contributed by atoms with E-state index in [1.165, 1.54) is 5.56 Å². The quantitative estimate of drug-likeness (QED) is 0.862. The van der Waals surface area contributed by atoms with Gasteiger partial charge in [-0.25, -0.2) is 4.79 Å². The fraction of sp³-hybridized carbons (Fsp3) is 0.562. The van der Waals surface area contributed by atoms with Crippen molar-refractivity contribution >= 4 is 18.4 Å². The lowest BCUT2D eigenvalue weighted by molar-refractivity contribution is 0.0301. The number of halogens is 1. The molecule has 1 saturated heterocycles. The van der Waals surface area contributed by atoms with Gasteiger partial charge in [-0.2, -0.15) is 0 Å². The van der Waals surface area contributed by atoms with E-state index in [0.29, 0.717) is 0 Å². The van der Waals surface area contributed by atoms with Gasteiger partial charge in [-0.15, -0.1) is 12.4 Å². The molecule has 0 aromatic heterocycles. The van der Waals surface area contributed by atoms with Crippen LogP contribution in [0.15, 0.2) is 18.2 Å². The highest BCUT2D eigenvalue weighted by Crippen LogP contribution is 2.22. The zero-order valence-electron chi connectivity index (χ0n) is 12.4. The van der Waals surface area contributed by atoms with Crippen LogP contribution >= 0.6 is 12.4 Å². The zero-order valence-corrected chi connectivity index (χ0v) is 13.2. The Morgan fingerprint density at radius 3 is 2.86 bits per heavy atom. The van der Waals surface area contributed by atoms with Gasteiger partial charge in [0.05, 0.1) is 5.56 Å². The number of nitrogens with one attached hydrogen (secondary N) is 1. The van der Waals surface area contributed by atoms with Crippen LogP contribution in [0.25, 0.3) is 0 Å². The highest BCUT2D eigenvalue weighted by molar-refractivity contribution is 5.92. The third-order valence-corrected chi connectivity index (χ3v) is 4.13. The Morgan fingerprint density at radius 1 is 1.33 bits per heavy atom. The minimum absolute atomic E-state index is 0. The number of esters is 1. The number of carbonyl (C=O) groups is 1. The number of fused-ring (bicyclic) bond motifs is 1. The Bertz CT molecular complexity index is 501. The fourth-order valence-corrected chi connectivity index (χ4v) is 2.99. The van der Waals surface area contributed by atoms with Crippen molar-refractivity contribution in [3.05, 3.63) is 34.9 Å². The first-order valence-electron chi connectivity index (χ1n) is 7.48. The molecule has 2 aliphatic rings. The lowest BCUT2D eigenvalue weighted by Crippen LogP contribution is -2.44. The number of hydrogen-bond donors (Lipinski definition) is 1. The van der Waals surface area contributed by atoms with Gasteiger partial charge in [-0.1, -0.05) is 12.1 Å². The minimum Gasteiger partial charge on any atom is -0.459 e. The summed E-state index contributed by atoms with van der Waals surface area (Å²) in [5.74, 6) is -0.174. The Kier molecular flexibility index (Phi) is 5.62. The number of rotatable bonds is 3. The molecule has 0 aliphatic carbocycles. The molecule has 2 heterocycles. The van der Waals surface area contributed by atoms with Crippen molar-refractivity contribution in [1.82, 2.24) is 10.2 Å². The first-order chi connectivity index (χ1) is 9.72. The zero-order chi connectivity index (χ0) is 13.9. The van der Waals surface area contributed by atoms with E-state index < -0.39 is 0 Å². The smallest absolute Gasteiger partial charge is 0.338 e. The molecule has 1 N–H and O–H groups in total. The van der Waals surface area contributed by atoms with Crippen molar-refractivity contribution in [2.75, 3.05) is 32.7 Å². The molecular formula is C16H23ClN2O2. The van der Waals surface area contributed by atoms with E-state index in [1.54, 1.807) is 0 Å². The molecule has 3 rings (SSSR count). The summed E-state index contributed by atoms with van der Waals surface area (Å²) >= 11 is 0. The predicted molar refractivity (Wildman–Crippen MR) is 85.3 cm³/mol. The highest BCUT2D eigenvalue weighted by Gasteiger charge is 2.23. The third kappa shape index (κ3) is 3.96. The van der Waals surface area contributed by atoms with Crippen molar-refractivity contribution in [2.45, 2.75) is 25.9 Å². The van der Waals surface area contributed by atoms with Crippen molar-refractivity contribution in [1.29, 1.82) is 0 Å². The summed E-state index contributed by atoms with van der Waals surface area (Å²) in [5, 5.41) is 3.37. The van der Waals surface area contributed by atoms with Gasteiger partial charge in [-0.05, 0) is 30.5 Å². The number of carbonyl (C=O) groups excluding carboxylic acids is 1. The molecule has 1 aromatic carbocycles. The molecule has 1 atom stereocenters. The van der Waals surface area contributed by atoms with E-state index in [9.17, 15) is 4.79 Å². The van der Waals surface area contributed by atoms with Crippen molar-refractivity contribution in [2.24, 2.45) is 0 Å². The monoisotopic (exact) mass is 310 g/mol. The van der Waals surface area contributed by atoms with E-state index in [4.69, 9.17) is 4.74 Å². The lowest BCUT2D eigenvalue weighted by atomic mass is 9.96. The van der Waals surface area contributed by atoms with Crippen molar-refractivity contribution in [3.8, 4) is 0 Å². The van der Waals surface area contributed by atoms with Crippen LogP contribution in [0, 0.1) is 0 Å². The number of nitrogens with zero attached hydrogens (tertiary/aromatic N) is 1. The molecule has 0 amide bonds. The van der Waals surface area contributed by atoms with Crippen LogP contribution in [0.3, 0.4) is 0 Å². The molecule has 0 saturated carbocycles. The second-order valence-electron chi connectivity index (χ2n) is 5.75. The first-order valence-corrected chi connectivity index (χ1v) is 7.48. The average molecular weight is 311 g/mol. The maximum Gasteiger partial charge on any atom is 0.338 e. The van der Waals surface area contributed by atoms with E-state index >= 15 is 0 Å². The number of cyclic esters (lactones) is 1. The van der Waals surface area contributed by atoms with Crippen LogP contribution in [-0.2, 0) is 17.6 Å². The van der Waals surface area contributed by atoms with Gasteiger partial charge in [0.2, 0.25) is 0 Å². The molecule has 4 nitrogen and oxygen atoms in total. The first kappa shape index (κ1) is 16.3. The fourth-order valence-electron chi connectivity index (χ4n) is 2.99. The lowest BCUT2D eigenvalue weighted by Gasteiger charge is -2.27. The molecule has 2 aliphatic heterocycles. The minimum atomic E-state index is -0.174. The predicted octanol–water partition coefficient (Wildman–Crippen LogP) is 1.66. The van der Waals surface area contributed by atoms with Crippen LogP contribution in [0.1, 0.15) is 28.4 Å². The summed E-state index contributed by atoms with van der Waals surface area (Å²) in [5.41, 5.74) is 3.21. The number of benzene rings is 1. The van der Waals surface area contributed by atoms with Crippen LogP contribution in [0.4, 0.5) is 0 Å². The summed E-state index contributed by atoms with van der Waals surface area (Å²) in [6.45, 7) is 7.50. The van der Waals surface area contributed by atoms with Gasteiger partial charge in [0, 0.05) is 39.1 Å². The van der Waals surface area contributed by atoms with E-state index in [1.807, 2.05) is 13.0 Å². The molecule has 1 unspecified atom stereocenters. The molecule has 0 radical (unpaired) electrons. The van der Waals surface area contributed by atoms with Gasteiger partial charge in [0.1, 0.15) is 6.10 Å². The second-order valence-corrected chi connectivity index (χ2v) is 5.75. The van der Waals surface area contributed by atoms with Crippen LogP contribution < -0.4 is 5.32 Å². The summed E-state index contributed by atoms with van der Waals surface area (Å²) < 4.78 is 5.25. The normalized spacial score (nSPS) is 22.1. The molecule has 1 aromatic rings. The molecular weight excluding hydrogens is 288 g/mol. The van der Waals surface area contributed by atoms with Crippen LogP contribution in [-0.4, -0.2) is 49.7 Å². The van der Waals surface area contributed by atoms with Gasteiger partial charge >= 0.3 is 5.97 Å². The summed E-state index contributed by atoms with van der Waals surface area (Å²) in [4.78, 5) is 14.3. The van der Waals surface area contributed by atoms with Crippen molar-refractivity contribution < 1.29 is 9.53 Å². The topological polar surface area (TPSA) is 41.6 Å². The molecule has 0 bridgehead atoms. The molecule has 116 valence electrons. The van der Waals surface area contributed by atoms with Gasteiger partial charge in [0.25, 0.3) is 0 Å².